The Bertz CT molecular complexity index is 58.4. The van der Waals surface area contributed by atoms with Crippen LogP contribution in [-0.2, 0) is 25.9 Å². The van der Waals surface area contributed by atoms with Gasteiger partial charge >= 0.3 is 21.1 Å². The van der Waals surface area contributed by atoms with Gasteiger partial charge in [0.05, 0.1) is 0 Å². The Kier molecular flexibility index (Phi) is 4.64. The summed E-state index contributed by atoms with van der Waals surface area (Å²) in [5.74, 6) is 0. The van der Waals surface area contributed by atoms with Crippen LogP contribution in [0.5, 0.6) is 0 Å². The van der Waals surface area contributed by atoms with Crippen LogP contribution >= 0.6 is 0 Å². The Balaban J connectivity index is 0. The first kappa shape index (κ1) is 10.2. The first-order chi connectivity index (χ1) is 2.56. The van der Waals surface area contributed by atoms with Crippen LogP contribution < -0.4 is 0 Å². The van der Waals surface area contributed by atoms with Crippen molar-refractivity contribution in [2.45, 2.75) is 6.18 Å². The van der Waals surface area contributed by atoms with Crippen molar-refractivity contribution in [3.8, 4) is 0 Å². The van der Waals surface area contributed by atoms with E-state index in [0.717, 1.165) is 0 Å². The van der Waals surface area contributed by atoms with Crippen LogP contribution in [0.4, 0.5) is 13.2 Å². The summed E-state index contributed by atoms with van der Waals surface area (Å²) in [6.45, 7) is 0. The van der Waals surface area contributed by atoms with Crippen molar-refractivity contribution in [1.29, 1.82) is 0 Å². The molecule has 0 aliphatic rings. The van der Waals surface area contributed by atoms with Gasteiger partial charge < -0.3 is 4.79 Å². The van der Waals surface area contributed by atoms with E-state index in [0.29, 0.717) is 0 Å². The van der Waals surface area contributed by atoms with Crippen molar-refractivity contribution in [3.05, 3.63) is 0 Å². The molecule has 0 radical (unpaired) electrons. The second-order valence-electron chi connectivity index (χ2n) is 0.600. The van der Waals surface area contributed by atoms with E-state index in [-0.39, 0.29) is 27.4 Å². The molecule has 0 atom stereocenters. The van der Waals surface area contributed by atoms with Crippen LogP contribution in [0.1, 0.15) is 0 Å². The van der Waals surface area contributed by atoms with Gasteiger partial charge in [-0.3, -0.25) is 0 Å². The molecule has 0 aliphatic heterocycles. The van der Waals surface area contributed by atoms with E-state index in [1.54, 1.807) is 0 Å². The van der Waals surface area contributed by atoms with Gasteiger partial charge in [0.25, 0.3) is 6.18 Å². The van der Waals surface area contributed by atoms with Crippen LogP contribution in [0.3, 0.4) is 0 Å². The van der Waals surface area contributed by atoms with Crippen molar-refractivity contribution in [1.82, 2.24) is 0 Å². The smallest absolute Gasteiger partial charge is 0.533 e. The molecule has 0 heterocycles. The van der Waals surface area contributed by atoms with Crippen molar-refractivity contribution in [2.75, 3.05) is 0 Å². The monoisotopic (exact) mass is 292 g/mol. The molecule has 0 rings (SSSR count). The van der Waals surface area contributed by atoms with Gasteiger partial charge in [-0.2, -0.15) is 6.29 Å². The van der Waals surface area contributed by atoms with Gasteiger partial charge in [0.1, 0.15) is 0 Å². The van der Waals surface area contributed by atoms with E-state index < -0.39 is 6.18 Å². The Hall–Kier alpha value is 0.148. The molecule has 0 fully saturated rings. The number of alkyl halides is 3. The fourth-order valence-electron chi connectivity index (χ4n) is 0. The summed E-state index contributed by atoms with van der Waals surface area (Å²) in [5, 5.41) is 0. The van der Waals surface area contributed by atoms with E-state index >= 15 is 0 Å². The normalized spacial score (nSPS) is 9.57. The first-order valence-corrected chi connectivity index (χ1v) is 1.02. The SMILES string of the molecule is O=[C-]C(F)(F)F.[Pt+2]. The van der Waals surface area contributed by atoms with Crippen LogP contribution in [0, 0.1) is 0 Å². The molecular formula is C2F3OPt+. The molecule has 1 nitrogen and oxygen atoms in total. The predicted octanol–water partition coefficient (Wildman–Crippen LogP) is 0.656. The zero-order valence-corrected chi connectivity index (χ0v) is 5.13. The zero-order valence-electron chi connectivity index (χ0n) is 2.86. The largest absolute Gasteiger partial charge is 2.00 e. The third-order valence-electron chi connectivity index (χ3n) is 0.116. The topological polar surface area (TPSA) is 17.1 Å². The average molecular weight is 292 g/mol. The van der Waals surface area contributed by atoms with Gasteiger partial charge in [0.15, 0.2) is 0 Å². The Morgan fingerprint density at radius 3 is 1.43 bits per heavy atom. The third-order valence-corrected chi connectivity index (χ3v) is 0.116. The van der Waals surface area contributed by atoms with Crippen molar-refractivity contribution >= 4 is 6.29 Å². The maximum absolute atomic E-state index is 10.4. The molecule has 0 saturated carbocycles. The van der Waals surface area contributed by atoms with Crippen LogP contribution in [0.2, 0.25) is 0 Å². The van der Waals surface area contributed by atoms with Gasteiger partial charge in [-0.05, 0) is 0 Å². The quantitative estimate of drug-likeness (QED) is 0.599. The van der Waals surface area contributed by atoms with Gasteiger partial charge in [0, 0.05) is 0 Å². The van der Waals surface area contributed by atoms with Crippen molar-refractivity contribution < 1.29 is 39.0 Å². The van der Waals surface area contributed by atoms with E-state index in [9.17, 15) is 13.2 Å². The number of rotatable bonds is 0. The summed E-state index contributed by atoms with van der Waals surface area (Å²) in [4.78, 5) is 8.58. The fourth-order valence-corrected chi connectivity index (χ4v) is 0. The molecule has 0 N–H and O–H groups in total. The van der Waals surface area contributed by atoms with Crippen LogP contribution in [0.15, 0.2) is 0 Å². The standard InChI is InChI=1S/C2F3O.Pt/c3-2(4,5)1-6;/q-1;+2. The van der Waals surface area contributed by atoms with E-state index in [2.05, 4.69) is 0 Å². The van der Waals surface area contributed by atoms with Crippen molar-refractivity contribution in [2.24, 2.45) is 0 Å². The molecule has 0 aromatic carbocycles. The maximum Gasteiger partial charge on any atom is 2.00 e. The molecular weight excluding hydrogens is 292 g/mol. The molecule has 44 valence electrons. The summed E-state index contributed by atoms with van der Waals surface area (Å²) >= 11 is 0. The third kappa shape index (κ3) is 10.7. The van der Waals surface area contributed by atoms with Crippen molar-refractivity contribution in [3.63, 3.8) is 0 Å². The van der Waals surface area contributed by atoms with Gasteiger partial charge in [-0.15, -0.1) is 0 Å². The Morgan fingerprint density at radius 1 is 1.29 bits per heavy atom. The molecule has 0 unspecified atom stereocenters. The van der Waals surface area contributed by atoms with E-state index in [4.69, 9.17) is 4.79 Å². The molecule has 0 aliphatic carbocycles. The molecule has 0 aromatic heterocycles. The molecule has 0 amide bonds. The predicted molar refractivity (Wildman–Crippen MR) is 11.7 cm³/mol. The summed E-state index contributed by atoms with van der Waals surface area (Å²) in [7, 11) is 0. The van der Waals surface area contributed by atoms with Crippen LogP contribution in [-0.4, -0.2) is 12.5 Å². The minimum atomic E-state index is -4.76. The van der Waals surface area contributed by atoms with Gasteiger partial charge in [-0.25, -0.2) is 13.2 Å². The number of halogens is 3. The number of carbonyl (C=O) groups excluding carboxylic acids is 1. The second kappa shape index (κ2) is 3.19. The van der Waals surface area contributed by atoms with Crippen LogP contribution in [0.25, 0.3) is 0 Å². The van der Waals surface area contributed by atoms with E-state index in [1.807, 2.05) is 0 Å². The molecule has 0 bridgehead atoms. The first-order valence-electron chi connectivity index (χ1n) is 1.02. The Labute approximate surface area is 52.2 Å². The summed E-state index contributed by atoms with van der Waals surface area (Å²) in [6, 6.07) is 0. The average Bonchev–Trinajstić information content (AvgIpc) is 1.35. The maximum atomic E-state index is 10.4. The summed E-state index contributed by atoms with van der Waals surface area (Å²) in [6.07, 6.45) is -4.91. The Morgan fingerprint density at radius 2 is 1.43 bits per heavy atom. The summed E-state index contributed by atoms with van der Waals surface area (Å²) < 4.78 is 31.1. The van der Waals surface area contributed by atoms with E-state index in [1.165, 1.54) is 0 Å². The number of hydrogen-bond acceptors (Lipinski definition) is 1. The fraction of sp³-hybridized carbons (Fsp3) is 0.500. The zero-order chi connectivity index (χ0) is 5.21. The molecule has 0 saturated heterocycles. The van der Waals surface area contributed by atoms with Gasteiger partial charge in [0.2, 0.25) is 0 Å². The number of hydrogen-bond donors (Lipinski definition) is 0. The van der Waals surface area contributed by atoms with Gasteiger partial charge in [-0.1, -0.05) is 0 Å². The minimum absolute atomic E-state index is 0. The molecule has 5 heteroatoms. The molecule has 0 aromatic rings. The second-order valence-corrected chi connectivity index (χ2v) is 0.600. The molecule has 0 spiro atoms. The minimum Gasteiger partial charge on any atom is -0.533 e. The molecule has 7 heavy (non-hydrogen) atoms. The summed E-state index contributed by atoms with van der Waals surface area (Å²) in [5.41, 5.74) is 0.